The van der Waals surface area contributed by atoms with Crippen LogP contribution in [0.5, 0.6) is 11.5 Å². The number of para-hydroxylation sites is 1. The molecule has 0 aromatic heterocycles. The van der Waals surface area contributed by atoms with Gasteiger partial charge >= 0.3 is 5.97 Å². The van der Waals surface area contributed by atoms with Crippen molar-refractivity contribution in [2.75, 3.05) is 7.11 Å². The van der Waals surface area contributed by atoms with Crippen LogP contribution in [0.3, 0.4) is 0 Å². The van der Waals surface area contributed by atoms with Crippen LogP contribution in [-0.4, -0.2) is 18.2 Å². The van der Waals surface area contributed by atoms with E-state index in [-0.39, 0.29) is 18.0 Å². The third-order valence-corrected chi connectivity index (χ3v) is 4.35. The number of hydrogen-bond donors (Lipinski definition) is 2. The molecule has 0 spiro atoms. The van der Waals surface area contributed by atoms with Gasteiger partial charge in [-0.25, -0.2) is 4.79 Å². The number of ether oxygens (including phenoxy) is 2. The van der Waals surface area contributed by atoms with Crippen molar-refractivity contribution in [1.82, 2.24) is 5.32 Å². The Hall–Kier alpha value is -3.02. The summed E-state index contributed by atoms with van der Waals surface area (Å²) < 4.78 is 11.5. The van der Waals surface area contributed by atoms with Gasteiger partial charge in [0.05, 0.1) is 12.7 Å². The molecule has 0 saturated heterocycles. The number of methoxy groups -OCH3 is 1. The number of carboxylic acid groups (broad SMARTS) is 1. The summed E-state index contributed by atoms with van der Waals surface area (Å²) in [6, 6.07) is 22.7. The molecule has 5 nitrogen and oxygen atoms in total. The third kappa shape index (κ3) is 6.24. The highest BCUT2D eigenvalue weighted by Gasteiger charge is 2.11. The fourth-order valence-electron chi connectivity index (χ4n) is 2.86. The lowest BCUT2D eigenvalue weighted by molar-refractivity contribution is 0.0697. The van der Waals surface area contributed by atoms with Crippen molar-refractivity contribution >= 4 is 18.4 Å². The van der Waals surface area contributed by atoms with Crippen molar-refractivity contribution in [2.24, 2.45) is 0 Å². The Labute approximate surface area is 176 Å². The molecule has 0 radical (unpaired) electrons. The molecule has 152 valence electrons. The highest BCUT2D eigenvalue weighted by Crippen LogP contribution is 2.31. The first-order valence-corrected chi connectivity index (χ1v) is 9.03. The first-order chi connectivity index (χ1) is 13.7. The molecule has 0 amide bonds. The molecule has 6 heteroatoms. The lowest BCUT2D eigenvalue weighted by Crippen LogP contribution is -2.14. The van der Waals surface area contributed by atoms with Crippen LogP contribution < -0.4 is 14.8 Å². The quantitative estimate of drug-likeness (QED) is 0.533. The molecule has 29 heavy (non-hydrogen) atoms. The van der Waals surface area contributed by atoms with E-state index < -0.39 is 5.97 Å². The second-order valence-electron chi connectivity index (χ2n) is 6.33. The highest BCUT2D eigenvalue weighted by atomic mass is 35.5. The lowest BCUT2D eigenvalue weighted by atomic mass is 10.1. The van der Waals surface area contributed by atoms with Gasteiger partial charge in [0.15, 0.2) is 11.5 Å². The predicted molar refractivity (Wildman–Crippen MR) is 115 cm³/mol. The van der Waals surface area contributed by atoms with Crippen molar-refractivity contribution in [1.29, 1.82) is 0 Å². The molecule has 0 aliphatic rings. The fraction of sp³-hybridized carbons (Fsp3) is 0.174. The molecule has 0 aliphatic carbocycles. The van der Waals surface area contributed by atoms with Crippen LogP contribution in [0.1, 0.15) is 27.0 Å². The van der Waals surface area contributed by atoms with Crippen LogP contribution in [0.25, 0.3) is 0 Å². The largest absolute Gasteiger partial charge is 0.493 e. The Bertz CT molecular complexity index is 914. The number of carboxylic acids is 1. The summed E-state index contributed by atoms with van der Waals surface area (Å²) >= 11 is 0. The standard InChI is InChI=1S/C23H23NO4.ClH/c1-27-21-9-5-8-20(22(21)28-16-18-6-3-2-4-7-18)15-24-14-17-10-12-19(13-11-17)23(25)26;/h2-13,24H,14-16H2,1H3,(H,25,26);1H. The number of carbonyl (C=O) groups is 1. The number of rotatable bonds is 9. The van der Waals surface area contributed by atoms with Crippen LogP contribution in [-0.2, 0) is 19.7 Å². The molecule has 3 aromatic rings. The summed E-state index contributed by atoms with van der Waals surface area (Å²) in [6.45, 7) is 1.68. The second kappa shape index (κ2) is 11.1. The molecule has 0 heterocycles. The maximum absolute atomic E-state index is 10.9. The SMILES string of the molecule is COc1cccc(CNCc2ccc(C(=O)O)cc2)c1OCc1ccccc1.Cl. The van der Waals surface area contributed by atoms with E-state index in [2.05, 4.69) is 5.32 Å². The maximum atomic E-state index is 10.9. The molecule has 3 aromatic carbocycles. The van der Waals surface area contributed by atoms with Gasteiger partial charge in [0, 0.05) is 18.7 Å². The van der Waals surface area contributed by atoms with E-state index in [1.165, 1.54) is 0 Å². The van der Waals surface area contributed by atoms with Gasteiger partial charge < -0.3 is 19.9 Å². The summed E-state index contributed by atoms with van der Waals surface area (Å²) in [7, 11) is 1.63. The number of aromatic carboxylic acids is 1. The molecule has 0 atom stereocenters. The number of halogens is 1. The summed E-state index contributed by atoms with van der Waals surface area (Å²) in [6.07, 6.45) is 0. The second-order valence-corrected chi connectivity index (χ2v) is 6.33. The number of benzene rings is 3. The predicted octanol–water partition coefficient (Wildman–Crippen LogP) is 4.68. The van der Waals surface area contributed by atoms with Crippen LogP contribution in [0.2, 0.25) is 0 Å². The summed E-state index contributed by atoms with van der Waals surface area (Å²) in [5, 5.41) is 12.3. The first kappa shape index (κ1) is 22.3. The molecule has 0 saturated carbocycles. The Morgan fingerprint density at radius 1 is 0.897 bits per heavy atom. The van der Waals surface area contributed by atoms with Crippen molar-refractivity contribution in [3.63, 3.8) is 0 Å². The van der Waals surface area contributed by atoms with E-state index in [1.54, 1.807) is 19.2 Å². The minimum atomic E-state index is -0.920. The minimum absolute atomic E-state index is 0. The normalized spacial score (nSPS) is 10.1. The molecule has 3 rings (SSSR count). The third-order valence-electron chi connectivity index (χ3n) is 4.35. The molecular weight excluding hydrogens is 390 g/mol. The van der Waals surface area contributed by atoms with Gasteiger partial charge in [0.25, 0.3) is 0 Å². The van der Waals surface area contributed by atoms with Gasteiger partial charge in [-0.15, -0.1) is 12.4 Å². The monoisotopic (exact) mass is 413 g/mol. The lowest BCUT2D eigenvalue weighted by Gasteiger charge is -2.16. The maximum Gasteiger partial charge on any atom is 0.335 e. The number of nitrogens with one attached hydrogen (secondary N) is 1. The van der Waals surface area contributed by atoms with Crippen molar-refractivity contribution in [3.8, 4) is 11.5 Å². The molecule has 0 bridgehead atoms. The summed E-state index contributed by atoms with van der Waals surface area (Å²) in [5.74, 6) is 0.500. The summed E-state index contributed by atoms with van der Waals surface area (Å²) in [4.78, 5) is 10.9. The smallest absolute Gasteiger partial charge is 0.335 e. The van der Waals surface area contributed by atoms with Crippen molar-refractivity contribution < 1.29 is 19.4 Å². The Balaban J connectivity index is 0.00000300. The highest BCUT2D eigenvalue weighted by molar-refractivity contribution is 5.87. The Kier molecular flexibility index (Phi) is 8.52. The Morgan fingerprint density at radius 2 is 1.62 bits per heavy atom. The van der Waals surface area contributed by atoms with E-state index in [0.29, 0.717) is 25.4 Å². The minimum Gasteiger partial charge on any atom is -0.493 e. The number of hydrogen-bond acceptors (Lipinski definition) is 4. The van der Waals surface area contributed by atoms with Gasteiger partial charge in [0.2, 0.25) is 0 Å². The molecule has 0 unspecified atom stereocenters. The topological polar surface area (TPSA) is 67.8 Å². The van der Waals surface area contributed by atoms with E-state index in [1.807, 2.05) is 60.7 Å². The Morgan fingerprint density at radius 3 is 2.28 bits per heavy atom. The first-order valence-electron chi connectivity index (χ1n) is 9.03. The van der Waals surface area contributed by atoms with Crippen molar-refractivity contribution in [3.05, 3.63) is 95.1 Å². The van der Waals surface area contributed by atoms with Gasteiger partial charge in [-0.3, -0.25) is 0 Å². The zero-order valence-corrected chi connectivity index (χ0v) is 16.9. The van der Waals surface area contributed by atoms with Crippen LogP contribution in [0.4, 0.5) is 0 Å². The van der Waals surface area contributed by atoms with E-state index in [0.717, 1.165) is 22.4 Å². The van der Waals surface area contributed by atoms with E-state index in [4.69, 9.17) is 14.6 Å². The zero-order chi connectivity index (χ0) is 19.8. The molecule has 0 fully saturated rings. The molecular formula is C23H24ClNO4. The van der Waals surface area contributed by atoms with Crippen LogP contribution in [0, 0.1) is 0 Å². The van der Waals surface area contributed by atoms with Gasteiger partial charge in [-0.05, 0) is 29.3 Å². The van der Waals surface area contributed by atoms with Gasteiger partial charge in [-0.1, -0.05) is 54.6 Å². The molecule has 0 aliphatic heterocycles. The zero-order valence-electron chi connectivity index (χ0n) is 16.1. The molecule has 2 N–H and O–H groups in total. The summed E-state index contributed by atoms with van der Waals surface area (Å²) in [5.41, 5.74) is 3.39. The van der Waals surface area contributed by atoms with E-state index in [9.17, 15) is 4.79 Å². The van der Waals surface area contributed by atoms with Crippen molar-refractivity contribution in [2.45, 2.75) is 19.7 Å². The average Bonchev–Trinajstić information content (AvgIpc) is 2.73. The van der Waals surface area contributed by atoms with Gasteiger partial charge in [0.1, 0.15) is 6.61 Å². The average molecular weight is 414 g/mol. The van der Waals surface area contributed by atoms with Crippen LogP contribution in [0.15, 0.2) is 72.8 Å². The van der Waals surface area contributed by atoms with Gasteiger partial charge in [-0.2, -0.15) is 0 Å². The fourth-order valence-corrected chi connectivity index (χ4v) is 2.86. The van der Waals surface area contributed by atoms with E-state index >= 15 is 0 Å². The van der Waals surface area contributed by atoms with Crippen LogP contribution >= 0.6 is 12.4 Å².